The van der Waals surface area contributed by atoms with Crippen molar-refractivity contribution in [3.05, 3.63) is 83.8 Å². The number of Topliss-reactive ketones (excluding diaryl/α,β-unsaturated/α-hetero) is 1. The summed E-state index contributed by atoms with van der Waals surface area (Å²) in [6.07, 6.45) is 13.7. The molecule has 262 valence electrons. The largest absolute Gasteiger partial charge is 0.512 e. The Morgan fingerprint density at radius 2 is 1.44 bits per heavy atom. The van der Waals surface area contributed by atoms with Crippen molar-refractivity contribution in [2.24, 2.45) is 11.8 Å². The number of benzene rings is 2. The number of carbonyl (C=O) groups is 4. The topological polar surface area (TPSA) is 161 Å². The highest BCUT2D eigenvalue weighted by Crippen LogP contribution is 2.24. The van der Waals surface area contributed by atoms with E-state index < -0.39 is 47.9 Å². The van der Waals surface area contributed by atoms with Crippen molar-refractivity contribution < 1.29 is 39.6 Å². The van der Waals surface area contributed by atoms with E-state index in [1.165, 1.54) is 25.3 Å². The molecule has 5 N–H and O–H groups in total. The number of ketones is 1. The minimum absolute atomic E-state index is 0.0213. The molecule has 2 aromatic carbocycles. The first-order valence-corrected chi connectivity index (χ1v) is 17.2. The van der Waals surface area contributed by atoms with Gasteiger partial charge in [-0.05, 0) is 49.3 Å². The standard InChI is InChI=1S/C39H53NO8/c1-3-4-5-8-11-17-32(42)18-12-9-6-7-10-13-19-34(35(38(45)46)26-33(43)27-41)37(44)40-36(39(47)48)25-29-20-22-30(23-21-29)31-16-14-15-28(2)24-31/h13-16,19-24,27,34-36,41,43H,3-12,17-18,25-26H2,1-2H3,(H,40,44)(H,45,46)(H,47,48)/b19-13+,33-27?/t34-,35+,36-/m0/s1. The first-order valence-electron chi connectivity index (χ1n) is 17.2. The lowest BCUT2D eigenvalue weighted by molar-refractivity contribution is -0.147. The fourth-order valence-corrected chi connectivity index (χ4v) is 5.64. The maximum Gasteiger partial charge on any atom is 0.326 e. The zero-order valence-electron chi connectivity index (χ0n) is 28.4. The van der Waals surface area contributed by atoms with Crippen LogP contribution < -0.4 is 5.32 Å². The molecule has 2 aromatic rings. The number of aryl methyl sites for hydroxylation is 1. The summed E-state index contributed by atoms with van der Waals surface area (Å²) in [4.78, 5) is 49.9. The van der Waals surface area contributed by atoms with Crippen molar-refractivity contribution in [1.82, 2.24) is 5.32 Å². The molecule has 0 bridgehead atoms. The highest BCUT2D eigenvalue weighted by molar-refractivity contribution is 5.89. The summed E-state index contributed by atoms with van der Waals surface area (Å²) >= 11 is 0. The van der Waals surface area contributed by atoms with Gasteiger partial charge in [0.05, 0.1) is 11.8 Å². The molecule has 0 unspecified atom stereocenters. The SMILES string of the molecule is CCCCCCCC(=O)CCCCCC/C=C/[C@H](C(=O)N[C@@H](Cc1ccc(-c2cccc(C)c2)cc1)C(=O)O)[C@@H](CC(O)=CO)C(=O)O. The summed E-state index contributed by atoms with van der Waals surface area (Å²) in [5.41, 5.74) is 3.78. The van der Waals surface area contributed by atoms with Gasteiger partial charge in [-0.2, -0.15) is 0 Å². The molecule has 0 aromatic heterocycles. The van der Waals surface area contributed by atoms with Crippen LogP contribution in [0.25, 0.3) is 11.1 Å². The van der Waals surface area contributed by atoms with E-state index in [2.05, 4.69) is 12.2 Å². The minimum atomic E-state index is -1.44. The Hall–Kier alpha value is -4.40. The second-order valence-electron chi connectivity index (χ2n) is 12.5. The number of carbonyl (C=O) groups excluding carboxylic acids is 2. The molecular weight excluding hydrogens is 610 g/mol. The quantitative estimate of drug-likeness (QED) is 0.0426. The van der Waals surface area contributed by atoms with Crippen LogP contribution in [0, 0.1) is 18.8 Å². The molecule has 0 aliphatic rings. The third-order valence-corrected chi connectivity index (χ3v) is 8.47. The first-order chi connectivity index (χ1) is 23.0. The molecule has 1 amide bonds. The summed E-state index contributed by atoms with van der Waals surface area (Å²) in [7, 11) is 0. The molecule has 0 heterocycles. The third kappa shape index (κ3) is 15.0. The number of hydrogen-bond donors (Lipinski definition) is 5. The Morgan fingerprint density at radius 3 is 2.02 bits per heavy atom. The second kappa shape index (κ2) is 22.2. The summed E-state index contributed by atoms with van der Waals surface area (Å²) in [6, 6.07) is 14.0. The molecule has 3 atom stereocenters. The summed E-state index contributed by atoms with van der Waals surface area (Å²) in [6.45, 7) is 4.16. The molecule has 0 radical (unpaired) electrons. The van der Waals surface area contributed by atoms with Crippen LogP contribution in [0.1, 0.15) is 102 Å². The molecule has 9 heteroatoms. The number of aliphatic hydroxyl groups excluding tert-OH is 2. The highest BCUT2D eigenvalue weighted by atomic mass is 16.4. The normalized spacial score (nSPS) is 13.6. The van der Waals surface area contributed by atoms with E-state index in [0.29, 0.717) is 36.9 Å². The van der Waals surface area contributed by atoms with E-state index in [9.17, 15) is 39.6 Å². The average Bonchev–Trinajstić information content (AvgIpc) is 3.06. The van der Waals surface area contributed by atoms with Gasteiger partial charge in [0.15, 0.2) is 0 Å². The Bertz CT molecular complexity index is 1360. The van der Waals surface area contributed by atoms with Gasteiger partial charge in [0.25, 0.3) is 0 Å². The molecule has 0 saturated heterocycles. The predicted octanol–water partition coefficient (Wildman–Crippen LogP) is 8.26. The fraction of sp³-hybridized carbons (Fsp3) is 0.487. The van der Waals surface area contributed by atoms with Crippen molar-refractivity contribution in [1.29, 1.82) is 0 Å². The number of aliphatic carboxylic acids is 2. The molecule has 9 nitrogen and oxygen atoms in total. The number of unbranched alkanes of at least 4 members (excludes halogenated alkanes) is 8. The number of aliphatic hydroxyl groups is 2. The number of allylic oxidation sites excluding steroid dienone is 2. The van der Waals surface area contributed by atoms with Gasteiger partial charge in [-0.1, -0.05) is 112 Å². The van der Waals surface area contributed by atoms with Gasteiger partial charge in [0.1, 0.15) is 23.8 Å². The van der Waals surface area contributed by atoms with E-state index in [4.69, 9.17) is 0 Å². The molecule has 0 aliphatic heterocycles. The van der Waals surface area contributed by atoms with Crippen molar-refractivity contribution in [3.63, 3.8) is 0 Å². The Labute approximate surface area is 284 Å². The van der Waals surface area contributed by atoms with Crippen LogP contribution in [-0.4, -0.2) is 50.1 Å². The van der Waals surface area contributed by atoms with E-state index in [1.54, 1.807) is 18.2 Å². The number of amides is 1. The van der Waals surface area contributed by atoms with Crippen LogP contribution in [0.5, 0.6) is 0 Å². The summed E-state index contributed by atoms with van der Waals surface area (Å²) in [5, 5.41) is 41.4. The van der Waals surface area contributed by atoms with Gasteiger partial charge >= 0.3 is 11.9 Å². The minimum Gasteiger partial charge on any atom is -0.512 e. The van der Waals surface area contributed by atoms with Crippen LogP contribution in [0.3, 0.4) is 0 Å². The maximum absolute atomic E-state index is 13.4. The van der Waals surface area contributed by atoms with Crippen molar-refractivity contribution in [2.75, 3.05) is 0 Å². The van der Waals surface area contributed by atoms with Gasteiger partial charge in [0, 0.05) is 25.7 Å². The Balaban J connectivity index is 2.00. The van der Waals surface area contributed by atoms with Gasteiger partial charge in [0.2, 0.25) is 5.91 Å². The fourth-order valence-electron chi connectivity index (χ4n) is 5.64. The predicted molar refractivity (Wildman–Crippen MR) is 188 cm³/mol. The Kier molecular flexibility index (Phi) is 18.4. The average molecular weight is 664 g/mol. The number of carboxylic acids is 2. The van der Waals surface area contributed by atoms with Crippen molar-refractivity contribution in [2.45, 2.75) is 110 Å². The lowest BCUT2D eigenvalue weighted by Gasteiger charge is -2.23. The van der Waals surface area contributed by atoms with Gasteiger partial charge in [-0.15, -0.1) is 0 Å². The van der Waals surface area contributed by atoms with Crippen LogP contribution in [0.2, 0.25) is 0 Å². The Morgan fingerprint density at radius 1 is 0.792 bits per heavy atom. The number of nitrogens with one attached hydrogen (secondary N) is 1. The van der Waals surface area contributed by atoms with Gasteiger partial charge in [-0.25, -0.2) is 4.79 Å². The lowest BCUT2D eigenvalue weighted by Crippen LogP contribution is -2.47. The van der Waals surface area contributed by atoms with Crippen LogP contribution in [0.4, 0.5) is 0 Å². The number of hydrogen-bond acceptors (Lipinski definition) is 6. The van der Waals surface area contributed by atoms with Gasteiger partial charge < -0.3 is 25.7 Å². The summed E-state index contributed by atoms with van der Waals surface area (Å²) in [5.74, 6) is -6.49. The maximum atomic E-state index is 13.4. The molecular formula is C39H53NO8. The van der Waals surface area contributed by atoms with Crippen LogP contribution in [-0.2, 0) is 25.6 Å². The smallest absolute Gasteiger partial charge is 0.326 e. The third-order valence-electron chi connectivity index (χ3n) is 8.47. The van der Waals surface area contributed by atoms with Crippen LogP contribution >= 0.6 is 0 Å². The van der Waals surface area contributed by atoms with Gasteiger partial charge in [-0.3, -0.25) is 14.4 Å². The second-order valence-corrected chi connectivity index (χ2v) is 12.5. The highest BCUT2D eigenvalue weighted by Gasteiger charge is 2.35. The zero-order chi connectivity index (χ0) is 35.3. The van der Waals surface area contributed by atoms with E-state index in [-0.39, 0.29) is 6.42 Å². The number of rotatable bonds is 24. The van der Waals surface area contributed by atoms with E-state index in [0.717, 1.165) is 55.2 Å². The van der Waals surface area contributed by atoms with Crippen molar-refractivity contribution in [3.8, 4) is 11.1 Å². The first kappa shape index (κ1) is 39.8. The molecule has 0 saturated carbocycles. The monoisotopic (exact) mass is 663 g/mol. The van der Waals surface area contributed by atoms with Crippen LogP contribution in [0.15, 0.2) is 72.7 Å². The molecule has 0 fully saturated rings. The molecule has 0 aliphatic carbocycles. The zero-order valence-corrected chi connectivity index (χ0v) is 28.4. The number of carboxylic acid groups (broad SMARTS) is 2. The lowest BCUT2D eigenvalue weighted by atomic mass is 9.87. The molecule has 48 heavy (non-hydrogen) atoms. The molecule has 2 rings (SSSR count). The van der Waals surface area contributed by atoms with E-state index in [1.807, 2.05) is 43.3 Å². The van der Waals surface area contributed by atoms with E-state index >= 15 is 0 Å². The van der Waals surface area contributed by atoms with Crippen molar-refractivity contribution >= 4 is 23.6 Å². The summed E-state index contributed by atoms with van der Waals surface area (Å²) < 4.78 is 0. The molecule has 0 spiro atoms.